The Morgan fingerprint density at radius 1 is 1.28 bits per heavy atom. The van der Waals surface area contributed by atoms with E-state index in [0.717, 1.165) is 5.56 Å². The second-order valence-corrected chi connectivity index (χ2v) is 6.11. The number of hydrogen-bond acceptors (Lipinski definition) is 4. The second kappa shape index (κ2) is 6.84. The van der Waals surface area contributed by atoms with Gasteiger partial charge >= 0.3 is 0 Å². The first-order valence-electron chi connectivity index (χ1n) is 5.88. The van der Waals surface area contributed by atoms with Gasteiger partial charge in [0.25, 0.3) is 0 Å². The fraction of sp³-hybridized carbons (Fsp3) is 0.500. The minimum Gasteiger partial charge on any atom is -0.305 e. The summed E-state index contributed by atoms with van der Waals surface area (Å²) in [5, 5.41) is 0. The van der Waals surface area contributed by atoms with Crippen molar-refractivity contribution in [3.05, 3.63) is 29.8 Å². The van der Waals surface area contributed by atoms with Gasteiger partial charge in [-0.15, -0.1) is 0 Å². The van der Waals surface area contributed by atoms with E-state index in [9.17, 15) is 8.42 Å². The summed E-state index contributed by atoms with van der Waals surface area (Å²) in [6.45, 7) is 4.77. The van der Waals surface area contributed by atoms with Crippen LogP contribution >= 0.6 is 0 Å². The summed E-state index contributed by atoms with van der Waals surface area (Å²) in [6.07, 6.45) is 0.541. The van der Waals surface area contributed by atoms with Crippen LogP contribution in [0.4, 0.5) is 0 Å². The van der Waals surface area contributed by atoms with E-state index in [-0.39, 0.29) is 4.90 Å². The molecule has 18 heavy (non-hydrogen) atoms. The van der Waals surface area contributed by atoms with Crippen LogP contribution in [0.2, 0.25) is 0 Å². The smallest absolute Gasteiger partial charge is 0.240 e. The average Bonchev–Trinajstić information content (AvgIpc) is 2.35. The van der Waals surface area contributed by atoms with Crippen molar-refractivity contribution in [3.8, 4) is 0 Å². The summed E-state index contributed by atoms with van der Waals surface area (Å²) in [4.78, 5) is 4.65. The third-order valence-corrected chi connectivity index (χ3v) is 4.07. The van der Waals surface area contributed by atoms with Crippen molar-refractivity contribution in [2.45, 2.75) is 31.1 Å². The van der Waals surface area contributed by atoms with Crippen LogP contribution in [0.1, 0.15) is 31.7 Å². The van der Waals surface area contributed by atoms with Gasteiger partial charge in [-0.25, -0.2) is 19.0 Å². The maximum Gasteiger partial charge on any atom is 0.240 e. The zero-order valence-corrected chi connectivity index (χ0v) is 11.5. The van der Waals surface area contributed by atoms with E-state index in [1.165, 1.54) is 0 Å². The molecule has 0 atom stereocenters. The Labute approximate surface area is 108 Å². The Balaban J connectivity index is 2.67. The van der Waals surface area contributed by atoms with E-state index >= 15 is 0 Å². The standard InChI is InChI=1S/C12H20N2O3S/c1-10(2)11-4-6-12(7-5-11)18(15,16)14-8-3-9-17-13/h4-7,10,14H,3,8-9,13H2,1-2H3. The van der Waals surface area contributed by atoms with Crippen LogP contribution < -0.4 is 10.6 Å². The first kappa shape index (κ1) is 15.1. The third-order valence-electron chi connectivity index (χ3n) is 2.59. The van der Waals surface area contributed by atoms with Crippen molar-refractivity contribution in [2.24, 2.45) is 5.90 Å². The van der Waals surface area contributed by atoms with Crippen LogP contribution in [0.15, 0.2) is 29.2 Å². The first-order valence-corrected chi connectivity index (χ1v) is 7.37. The molecule has 0 bridgehead atoms. The zero-order chi connectivity index (χ0) is 13.6. The van der Waals surface area contributed by atoms with Crippen LogP contribution in [0.3, 0.4) is 0 Å². The Bertz CT molecular complexity index is 455. The van der Waals surface area contributed by atoms with Gasteiger partial charge in [0.05, 0.1) is 11.5 Å². The molecule has 0 heterocycles. The Morgan fingerprint density at radius 2 is 1.89 bits per heavy atom. The summed E-state index contributed by atoms with van der Waals surface area (Å²) in [6, 6.07) is 6.92. The van der Waals surface area contributed by atoms with Crippen LogP contribution in [0, 0.1) is 0 Å². The van der Waals surface area contributed by atoms with Gasteiger partial charge < -0.3 is 4.84 Å². The summed E-state index contributed by atoms with van der Waals surface area (Å²) in [5.41, 5.74) is 1.12. The molecule has 1 aromatic carbocycles. The van der Waals surface area contributed by atoms with E-state index in [0.29, 0.717) is 25.5 Å². The highest BCUT2D eigenvalue weighted by molar-refractivity contribution is 7.89. The highest BCUT2D eigenvalue weighted by Crippen LogP contribution is 2.17. The molecule has 0 amide bonds. The van der Waals surface area contributed by atoms with Crippen LogP contribution in [-0.2, 0) is 14.9 Å². The number of rotatable bonds is 7. The normalized spacial score (nSPS) is 12.0. The van der Waals surface area contributed by atoms with Gasteiger partial charge in [-0.3, -0.25) is 0 Å². The SMILES string of the molecule is CC(C)c1ccc(S(=O)(=O)NCCCON)cc1. The van der Waals surface area contributed by atoms with Gasteiger partial charge in [-0.1, -0.05) is 26.0 Å². The van der Waals surface area contributed by atoms with Gasteiger partial charge in [-0.2, -0.15) is 0 Å². The molecule has 0 aromatic heterocycles. The van der Waals surface area contributed by atoms with Crippen molar-refractivity contribution in [3.63, 3.8) is 0 Å². The summed E-state index contributed by atoms with van der Waals surface area (Å²) in [7, 11) is -3.43. The number of benzene rings is 1. The van der Waals surface area contributed by atoms with Gasteiger partial charge in [-0.05, 0) is 30.0 Å². The molecule has 0 fully saturated rings. The minimum atomic E-state index is -3.43. The molecule has 0 saturated carbocycles. The number of hydrogen-bond donors (Lipinski definition) is 2. The molecule has 0 unspecified atom stereocenters. The third kappa shape index (κ3) is 4.38. The van der Waals surface area contributed by atoms with E-state index in [4.69, 9.17) is 5.90 Å². The first-order chi connectivity index (χ1) is 8.47. The van der Waals surface area contributed by atoms with Crippen molar-refractivity contribution >= 4 is 10.0 Å². The average molecular weight is 272 g/mol. The molecule has 0 aliphatic heterocycles. The molecular formula is C12H20N2O3S. The van der Waals surface area contributed by atoms with Crippen LogP contribution in [-0.4, -0.2) is 21.6 Å². The lowest BCUT2D eigenvalue weighted by Gasteiger charge is -2.09. The van der Waals surface area contributed by atoms with E-state index in [1.54, 1.807) is 12.1 Å². The lowest BCUT2D eigenvalue weighted by atomic mass is 10.0. The quantitative estimate of drug-likeness (QED) is 0.580. The molecule has 0 aliphatic rings. The predicted octanol–water partition coefficient (Wildman–Crippen LogP) is 1.37. The molecule has 0 aliphatic carbocycles. The fourth-order valence-corrected chi connectivity index (χ4v) is 2.55. The summed E-state index contributed by atoms with van der Waals surface area (Å²) >= 11 is 0. The fourth-order valence-electron chi connectivity index (χ4n) is 1.48. The van der Waals surface area contributed by atoms with Gasteiger partial charge in [0, 0.05) is 6.54 Å². The molecule has 0 spiro atoms. The van der Waals surface area contributed by atoms with E-state index in [2.05, 4.69) is 23.4 Å². The molecular weight excluding hydrogens is 252 g/mol. The number of nitrogens with one attached hydrogen (secondary N) is 1. The molecule has 1 aromatic rings. The van der Waals surface area contributed by atoms with Gasteiger partial charge in [0.1, 0.15) is 0 Å². The largest absolute Gasteiger partial charge is 0.305 e. The van der Waals surface area contributed by atoms with Crippen molar-refractivity contribution in [1.29, 1.82) is 0 Å². The molecule has 0 saturated heterocycles. The number of sulfonamides is 1. The van der Waals surface area contributed by atoms with E-state index < -0.39 is 10.0 Å². The molecule has 6 heteroatoms. The number of nitrogens with two attached hydrogens (primary N) is 1. The predicted molar refractivity (Wildman–Crippen MR) is 70.5 cm³/mol. The Hall–Kier alpha value is -0.950. The second-order valence-electron chi connectivity index (χ2n) is 4.35. The van der Waals surface area contributed by atoms with Crippen molar-refractivity contribution in [1.82, 2.24) is 4.72 Å². The van der Waals surface area contributed by atoms with Gasteiger partial charge in [0.15, 0.2) is 0 Å². The zero-order valence-electron chi connectivity index (χ0n) is 10.7. The summed E-state index contributed by atoms with van der Waals surface area (Å²) < 4.78 is 26.3. The lowest BCUT2D eigenvalue weighted by Crippen LogP contribution is -2.25. The Kier molecular flexibility index (Phi) is 5.74. The summed E-state index contributed by atoms with van der Waals surface area (Å²) in [5.74, 6) is 5.24. The molecule has 5 nitrogen and oxygen atoms in total. The minimum absolute atomic E-state index is 0.278. The molecule has 102 valence electrons. The lowest BCUT2D eigenvalue weighted by molar-refractivity contribution is 0.136. The van der Waals surface area contributed by atoms with E-state index in [1.807, 2.05) is 12.1 Å². The molecule has 0 radical (unpaired) electrons. The molecule has 3 N–H and O–H groups in total. The highest BCUT2D eigenvalue weighted by atomic mass is 32.2. The maximum atomic E-state index is 11.9. The highest BCUT2D eigenvalue weighted by Gasteiger charge is 2.13. The maximum absolute atomic E-state index is 11.9. The monoisotopic (exact) mass is 272 g/mol. The topological polar surface area (TPSA) is 81.4 Å². The molecule has 1 rings (SSSR count). The van der Waals surface area contributed by atoms with Crippen LogP contribution in [0.25, 0.3) is 0 Å². The Morgan fingerprint density at radius 3 is 2.39 bits per heavy atom. The van der Waals surface area contributed by atoms with Crippen LogP contribution in [0.5, 0.6) is 0 Å². The van der Waals surface area contributed by atoms with Crippen molar-refractivity contribution in [2.75, 3.05) is 13.2 Å². The van der Waals surface area contributed by atoms with Gasteiger partial charge in [0.2, 0.25) is 10.0 Å². The van der Waals surface area contributed by atoms with Crippen molar-refractivity contribution < 1.29 is 13.3 Å².